The van der Waals surface area contributed by atoms with Crippen molar-refractivity contribution in [2.75, 3.05) is 13.1 Å². The monoisotopic (exact) mass is 635 g/mol. The van der Waals surface area contributed by atoms with Crippen molar-refractivity contribution in [2.24, 2.45) is 11.8 Å². The van der Waals surface area contributed by atoms with Crippen molar-refractivity contribution in [3.8, 4) is 0 Å². The lowest BCUT2D eigenvalue weighted by atomic mass is 9.89. The number of amides is 3. The third-order valence-corrected chi connectivity index (χ3v) is 8.65. The summed E-state index contributed by atoms with van der Waals surface area (Å²) in [5, 5.41) is 24.4. The summed E-state index contributed by atoms with van der Waals surface area (Å²) in [6.45, 7) is -0.172. The van der Waals surface area contributed by atoms with E-state index < -0.39 is 90.5 Å². The van der Waals surface area contributed by atoms with Gasteiger partial charge < -0.3 is 25.7 Å². The van der Waals surface area contributed by atoms with Crippen LogP contribution in [0.15, 0.2) is 42.5 Å². The number of hydrogen-bond donors (Lipinski definition) is 4. The Morgan fingerprint density at radius 2 is 1.62 bits per heavy atom. The van der Waals surface area contributed by atoms with E-state index in [9.17, 15) is 41.8 Å². The number of aliphatic hydroxyl groups excluding tert-OH is 1. The molecular formula is C32H37F4N3O6. The molecule has 0 spiro atoms. The Hall–Kier alpha value is -4.00. The molecule has 3 amide bonds. The largest absolute Gasteiger partial charge is 0.478 e. The quantitative estimate of drug-likeness (QED) is 0.249. The molecule has 4 N–H and O–H groups in total. The molecule has 4 unspecified atom stereocenters. The highest BCUT2D eigenvalue weighted by Gasteiger charge is 2.45. The molecule has 45 heavy (non-hydrogen) atoms. The molecule has 2 fully saturated rings. The van der Waals surface area contributed by atoms with Crippen LogP contribution in [0.2, 0.25) is 0 Å². The number of rotatable bonds is 13. The van der Waals surface area contributed by atoms with Gasteiger partial charge in [-0.3, -0.25) is 14.4 Å². The molecule has 2 aliphatic rings. The minimum atomic E-state index is -2.99. The van der Waals surface area contributed by atoms with Crippen LogP contribution in [0.25, 0.3) is 0 Å². The molecule has 0 bridgehead atoms. The van der Waals surface area contributed by atoms with Crippen LogP contribution in [0.3, 0.4) is 0 Å². The molecule has 0 radical (unpaired) electrons. The average molecular weight is 636 g/mol. The van der Waals surface area contributed by atoms with E-state index in [1.54, 1.807) is 30.3 Å². The minimum Gasteiger partial charge on any atom is -0.478 e. The van der Waals surface area contributed by atoms with E-state index in [-0.39, 0.29) is 31.2 Å². The molecule has 1 saturated heterocycles. The summed E-state index contributed by atoms with van der Waals surface area (Å²) < 4.78 is 55.5. The Morgan fingerprint density at radius 3 is 2.22 bits per heavy atom. The Bertz CT molecular complexity index is 1350. The van der Waals surface area contributed by atoms with E-state index >= 15 is 0 Å². The Morgan fingerprint density at radius 1 is 0.978 bits per heavy atom. The van der Waals surface area contributed by atoms with Crippen molar-refractivity contribution in [3.63, 3.8) is 0 Å². The molecule has 4 atom stereocenters. The summed E-state index contributed by atoms with van der Waals surface area (Å²) in [5.41, 5.74) is -0.376. The number of hydrogen-bond acceptors (Lipinski definition) is 5. The molecule has 1 heterocycles. The molecule has 244 valence electrons. The van der Waals surface area contributed by atoms with Gasteiger partial charge in [0.2, 0.25) is 18.2 Å². The third kappa shape index (κ3) is 8.80. The van der Waals surface area contributed by atoms with Gasteiger partial charge in [0.15, 0.2) is 0 Å². The fraction of sp³-hybridized carbons (Fsp3) is 0.500. The zero-order valence-corrected chi connectivity index (χ0v) is 24.6. The highest BCUT2D eigenvalue weighted by Crippen LogP contribution is 2.39. The lowest BCUT2D eigenvalue weighted by Crippen LogP contribution is -2.55. The number of benzene rings is 2. The molecule has 9 nitrogen and oxygen atoms in total. The van der Waals surface area contributed by atoms with E-state index in [1.807, 2.05) is 0 Å². The molecule has 2 aromatic rings. The molecule has 2 aromatic carbocycles. The van der Waals surface area contributed by atoms with Crippen LogP contribution in [0.4, 0.5) is 17.6 Å². The maximum absolute atomic E-state index is 14.3. The van der Waals surface area contributed by atoms with Gasteiger partial charge >= 0.3 is 5.97 Å². The number of carbonyl (C=O) groups is 4. The van der Waals surface area contributed by atoms with Gasteiger partial charge in [-0.2, -0.15) is 0 Å². The van der Waals surface area contributed by atoms with E-state index in [2.05, 4.69) is 10.6 Å². The fourth-order valence-corrected chi connectivity index (χ4v) is 6.32. The molecule has 1 aliphatic carbocycles. The lowest BCUT2D eigenvalue weighted by molar-refractivity contribution is -0.145. The number of nitrogens with one attached hydrogen (secondary N) is 2. The summed E-state index contributed by atoms with van der Waals surface area (Å²) in [5.74, 6) is -6.05. The molecule has 1 saturated carbocycles. The van der Waals surface area contributed by atoms with E-state index in [0.717, 1.165) is 31.2 Å². The van der Waals surface area contributed by atoms with Gasteiger partial charge in [0.25, 0.3) is 5.91 Å². The normalized spacial score (nSPS) is 19.8. The Labute approximate surface area is 258 Å². The zero-order valence-electron chi connectivity index (χ0n) is 24.6. The second-order valence-corrected chi connectivity index (χ2v) is 11.7. The number of carboxylic acid groups (broad SMARTS) is 1. The number of carbonyl (C=O) groups excluding carboxylic acids is 3. The number of aromatic carboxylic acids is 1. The first-order valence-corrected chi connectivity index (χ1v) is 15.0. The van der Waals surface area contributed by atoms with E-state index in [4.69, 9.17) is 5.11 Å². The first-order valence-electron chi connectivity index (χ1n) is 15.0. The molecule has 0 aromatic heterocycles. The molecule has 13 heteroatoms. The Balaban J connectivity index is 1.44. The van der Waals surface area contributed by atoms with E-state index in [0.29, 0.717) is 12.1 Å². The van der Waals surface area contributed by atoms with Crippen molar-refractivity contribution < 1.29 is 47.0 Å². The van der Waals surface area contributed by atoms with Crippen LogP contribution in [-0.4, -0.2) is 76.5 Å². The van der Waals surface area contributed by atoms with Crippen molar-refractivity contribution in [1.29, 1.82) is 0 Å². The first-order chi connectivity index (χ1) is 21.4. The van der Waals surface area contributed by atoms with Gasteiger partial charge in [0.05, 0.1) is 5.56 Å². The molecule has 1 aliphatic heterocycles. The number of aliphatic hydroxyl groups is 1. The van der Waals surface area contributed by atoms with Gasteiger partial charge in [0, 0.05) is 31.5 Å². The smallest absolute Gasteiger partial charge is 0.335 e. The minimum absolute atomic E-state index is 0.0231. The summed E-state index contributed by atoms with van der Waals surface area (Å²) in [6.07, 6.45) is -1.68. The van der Waals surface area contributed by atoms with Crippen LogP contribution in [0.5, 0.6) is 0 Å². The van der Waals surface area contributed by atoms with Crippen LogP contribution in [0, 0.1) is 23.5 Å². The van der Waals surface area contributed by atoms with Gasteiger partial charge in [-0.25, -0.2) is 22.4 Å². The topological polar surface area (TPSA) is 136 Å². The van der Waals surface area contributed by atoms with Crippen LogP contribution >= 0.6 is 0 Å². The van der Waals surface area contributed by atoms with Crippen LogP contribution < -0.4 is 10.6 Å². The average Bonchev–Trinajstić information content (AvgIpc) is 3.68. The number of alkyl halides is 2. The highest BCUT2D eigenvalue weighted by atomic mass is 19.3. The van der Waals surface area contributed by atoms with Crippen molar-refractivity contribution in [1.82, 2.24) is 15.5 Å². The van der Waals surface area contributed by atoms with Crippen LogP contribution in [-0.2, 0) is 27.2 Å². The molecular weight excluding hydrogens is 598 g/mol. The van der Waals surface area contributed by atoms with Gasteiger partial charge in [-0.1, -0.05) is 56.0 Å². The number of nitrogens with zero attached hydrogens (tertiary/aromatic N) is 1. The van der Waals surface area contributed by atoms with Crippen molar-refractivity contribution in [3.05, 3.63) is 70.8 Å². The highest BCUT2D eigenvalue weighted by molar-refractivity contribution is 5.93. The maximum atomic E-state index is 14.3. The standard InChI is InChI=1S/C32H37F4N3O6/c33-23-13-20(32(44)45)14-24(34)22(23)10-11-37-29(41)25(16-28(35)36)38-30(42)26-15-21(19-8-4-5-9-19)17-39(26)31(43)27(40)12-18-6-2-1-3-7-18/h1-3,6-7,13-14,19,21,25-28,40H,4-5,8-12,15-17H2,(H,37,41)(H,38,42)(H,44,45). The summed E-state index contributed by atoms with van der Waals surface area (Å²) >= 11 is 0. The number of carboxylic acids is 1. The SMILES string of the molecule is O=C(O)c1cc(F)c(CCNC(=O)C(CC(F)F)NC(=O)C2CC(C3CCCC3)CN2C(=O)C(O)Cc2ccccc2)c(F)c1. The van der Waals surface area contributed by atoms with Gasteiger partial charge in [0.1, 0.15) is 29.8 Å². The lowest BCUT2D eigenvalue weighted by Gasteiger charge is -2.28. The van der Waals surface area contributed by atoms with Crippen molar-refractivity contribution >= 4 is 23.7 Å². The molecule has 4 rings (SSSR count). The van der Waals surface area contributed by atoms with E-state index in [1.165, 1.54) is 4.90 Å². The summed E-state index contributed by atoms with van der Waals surface area (Å²) in [4.78, 5) is 52.1. The third-order valence-electron chi connectivity index (χ3n) is 8.65. The second kappa shape index (κ2) is 15.3. The number of halogens is 4. The maximum Gasteiger partial charge on any atom is 0.335 e. The Kier molecular flexibility index (Phi) is 11.5. The fourth-order valence-electron chi connectivity index (χ4n) is 6.32. The predicted octanol–water partition coefficient (Wildman–Crippen LogP) is 3.47. The summed E-state index contributed by atoms with van der Waals surface area (Å²) in [6, 6.07) is 7.32. The van der Waals surface area contributed by atoms with Gasteiger partial charge in [-0.15, -0.1) is 0 Å². The number of likely N-dealkylation sites (tertiary alicyclic amines) is 1. The first kappa shape index (κ1) is 33.9. The summed E-state index contributed by atoms with van der Waals surface area (Å²) in [7, 11) is 0. The van der Waals surface area contributed by atoms with Crippen molar-refractivity contribution in [2.45, 2.75) is 76.0 Å². The van der Waals surface area contributed by atoms with Crippen LogP contribution in [0.1, 0.15) is 60.0 Å². The predicted molar refractivity (Wildman–Crippen MR) is 154 cm³/mol. The zero-order chi connectivity index (χ0) is 32.7. The van der Waals surface area contributed by atoms with Gasteiger partial charge in [-0.05, 0) is 42.4 Å². The second-order valence-electron chi connectivity index (χ2n) is 11.7.